The lowest BCUT2D eigenvalue weighted by Crippen LogP contribution is -2.19. The summed E-state index contributed by atoms with van der Waals surface area (Å²) in [5.74, 6) is -0.365. The predicted octanol–water partition coefficient (Wildman–Crippen LogP) is 4.54. The van der Waals surface area contributed by atoms with Crippen LogP contribution < -0.4 is 0 Å². The predicted molar refractivity (Wildman–Crippen MR) is 97.5 cm³/mol. The van der Waals surface area contributed by atoms with E-state index < -0.39 is 17.0 Å². The van der Waals surface area contributed by atoms with Gasteiger partial charge in [-0.1, -0.05) is 31.2 Å². The minimum atomic E-state index is -0.709. The molecular weight excluding hydrogens is 334 g/mol. The van der Waals surface area contributed by atoms with Gasteiger partial charge in [0.15, 0.2) is 0 Å². The summed E-state index contributed by atoms with van der Waals surface area (Å²) in [7, 11) is 0. The lowest BCUT2D eigenvalue weighted by molar-refractivity contribution is -0.386. The zero-order chi connectivity index (χ0) is 19.1. The number of hydrogen-bond donors (Lipinski definition) is 0. The number of benzene rings is 1. The fraction of sp³-hybridized carbons (Fsp3) is 0.500. The van der Waals surface area contributed by atoms with E-state index in [2.05, 4.69) is 0 Å². The van der Waals surface area contributed by atoms with Gasteiger partial charge in [-0.2, -0.15) is 0 Å². The standard InChI is InChI=1S/C20H25NO5/c1-3-4-5-9-17-15(11-12-19(17)22)13-20(23)26-14(2)16-8-6-7-10-18(16)21(24)25/h4-8,10,14-15,17H,3,9,11-13H2,1-2H3/b5-4-/t14?,15-,17-/m1/s1. The van der Waals surface area contributed by atoms with Gasteiger partial charge >= 0.3 is 5.97 Å². The number of carbonyl (C=O) groups is 2. The fourth-order valence-electron chi connectivity index (χ4n) is 3.48. The molecule has 0 aromatic heterocycles. The van der Waals surface area contributed by atoms with Crippen molar-refractivity contribution in [2.24, 2.45) is 11.8 Å². The monoisotopic (exact) mass is 359 g/mol. The van der Waals surface area contributed by atoms with Crippen LogP contribution in [-0.2, 0) is 14.3 Å². The third-order valence-electron chi connectivity index (χ3n) is 4.85. The molecule has 0 bridgehead atoms. The van der Waals surface area contributed by atoms with Crippen molar-refractivity contribution >= 4 is 17.4 Å². The van der Waals surface area contributed by atoms with E-state index in [4.69, 9.17) is 4.74 Å². The van der Waals surface area contributed by atoms with Crippen molar-refractivity contribution in [2.75, 3.05) is 0 Å². The number of allylic oxidation sites excluding steroid dienone is 2. The van der Waals surface area contributed by atoms with Crippen LogP contribution in [0.5, 0.6) is 0 Å². The largest absolute Gasteiger partial charge is 0.457 e. The van der Waals surface area contributed by atoms with Crippen molar-refractivity contribution in [3.05, 3.63) is 52.1 Å². The van der Waals surface area contributed by atoms with Gasteiger partial charge in [-0.25, -0.2) is 0 Å². The maximum atomic E-state index is 12.3. The molecular formula is C20H25NO5. The maximum absolute atomic E-state index is 12.3. The smallest absolute Gasteiger partial charge is 0.306 e. The van der Waals surface area contributed by atoms with E-state index in [0.29, 0.717) is 24.8 Å². The Bertz CT molecular complexity index is 697. The van der Waals surface area contributed by atoms with Crippen LogP contribution in [0.15, 0.2) is 36.4 Å². The molecule has 6 nitrogen and oxygen atoms in total. The van der Waals surface area contributed by atoms with E-state index in [1.807, 2.05) is 19.1 Å². The van der Waals surface area contributed by atoms with E-state index in [1.54, 1.807) is 25.1 Å². The van der Waals surface area contributed by atoms with E-state index in [0.717, 1.165) is 6.42 Å². The second-order valence-corrected chi connectivity index (χ2v) is 6.64. The van der Waals surface area contributed by atoms with Gasteiger partial charge in [0.1, 0.15) is 11.9 Å². The third-order valence-corrected chi connectivity index (χ3v) is 4.85. The minimum Gasteiger partial charge on any atom is -0.457 e. The van der Waals surface area contributed by atoms with E-state index in [1.165, 1.54) is 6.07 Å². The second-order valence-electron chi connectivity index (χ2n) is 6.64. The maximum Gasteiger partial charge on any atom is 0.306 e. The molecule has 1 unspecified atom stereocenters. The molecule has 3 atom stereocenters. The van der Waals surface area contributed by atoms with E-state index in [9.17, 15) is 19.7 Å². The van der Waals surface area contributed by atoms with Crippen LogP contribution in [0.25, 0.3) is 0 Å². The van der Waals surface area contributed by atoms with Crippen LogP contribution in [0.4, 0.5) is 5.69 Å². The Hall–Kier alpha value is -2.50. The normalized spacial score (nSPS) is 21.1. The number of carbonyl (C=O) groups excluding carboxylic acids is 2. The van der Waals surface area contributed by atoms with Gasteiger partial charge in [0.25, 0.3) is 5.69 Å². The molecule has 0 spiro atoms. The molecule has 1 aromatic rings. The lowest BCUT2D eigenvalue weighted by Gasteiger charge is -2.18. The Morgan fingerprint density at radius 3 is 2.81 bits per heavy atom. The average Bonchev–Trinajstić information content (AvgIpc) is 2.95. The lowest BCUT2D eigenvalue weighted by atomic mass is 9.89. The number of nitro benzene ring substituents is 1. The van der Waals surface area contributed by atoms with Gasteiger partial charge in [0.05, 0.1) is 10.5 Å². The van der Waals surface area contributed by atoms with Gasteiger partial charge in [-0.05, 0) is 38.2 Å². The zero-order valence-electron chi connectivity index (χ0n) is 15.2. The topological polar surface area (TPSA) is 86.5 Å². The highest BCUT2D eigenvalue weighted by Crippen LogP contribution is 2.35. The number of nitro groups is 1. The summed E-state index contributed by atoms with van der Waals surface area (Å²) in [5.41, 5.74) is 0.308. The molecule has 140 valence electrons. The van der Waals surface area contributed by atoms with Crippen LogP contribution in [0, 0.1) is 22.0 Å². The first kappa shape index (κ1) is 19.8. The summed E-state index contributed by atoms with van der Waals surface area (Å²) >= 11 is 0. The Kier molecular flexibility index (Phi) is 7.06. The van der Waals surface area contributed by atoms with Crippen LogP contribution in [0.2, 0.25) is 0 Å². The molecule has 0 N–H and O–H groups in total. The number of nitrogens with zero attached hydrogens (tertiary/aromatic N) is 1. The highest BCUT2D eigenvalue weighted by Gasteiger charge is 2.35. The van der Waals surface area contributed by atoms with Crippen LogP contribution in [0.1, 0.15) is 57.6 Å². The minimum absolute atomic E-state index is 0.0190. The molecule has 0 heterocycles. The van der Waals surface area contributed by atoms with Crippen molar-refractivity contribution in [1.29, 1.82) is 0 Å². The molecule has 1 aliphatic rings. The number of rotatable bonds is 8. The molecule has 0 radical (unpaired) electrons. The Labute approximate surface area is 153 Å². The summed E-state index contributed by atoms with van der Waals surface area (Å²) in [6.45, 7) is 3.66. The van der Waals surface area contributed by atoms with Crippen LogP contribution in [0.3, 0.4) is 0 Å². The number of para-hydroxylation sites is 1. The van der Waals surface area contributed by atoms with Crippen LogP contribution >= 0.6 is 0 Å². The summed E-state index contributed by atoms with van der Waals surface area (Å²) in [4.78, 5) is 35.0. The van der Waals surface area contributed by atoms with Crippen molar-refractivity contribution in [3.8, 4) is 0 Å². The Morgan fingerprint density at radius 2 is 2.12 bits per heavy atom. The molecule has 1 aromatic carbocycles. The average molecular weight is 359 g/mol. The van der Waals surface area contributed by atoms with Gasteiger partial charge < -0.3 is 4.74 Å². The van der Waals surface area contributed by atoms with Gasteiger partial charge in [-0.3, -0.25) is 19.7 Å². The molecule has 6 heteroatoms. The van der Waals surface area contributed by atoms with Crippen molar-refractivity contribution < 1.29 is 19.2 Å². The number of hydrogen-bond acceptors (Lipinski definition) is 5. The molecule has 1 saturated carbocycles. The first-order chi connectivity index (χ1) is 12.4. The van der Waals surface area contributed by atoms with Crippen LogP contribution in [-0.4, -0.2) is 16.7 Å². The number of esters is 1. The Morgan fingerprint density at radius 1 is 1.38 bits per heavy atom. The van der Waals surface area contributed by atoms with Gasteiger partial charge in [0, 0.05) is 24.8 Å². The molecule has 0 saturated heterocycles. The first-order valence-electron chi connectivity index (χ1n) is 9.04. The second kappa shape index (κ2) is 9.27. The highest BCUT2D eigenvalue weighted by atomic mass is 16.6. The molecule has 1 aliphatic carbocycles. The zero-order valence-corrected chi connectivity index (χ0v) is 15.2. The molecule has 0 amide bonds. The quantitative estimate of drug-likeness (QED) is 0.294. The Balaban J connectivity index is 1.98. The van der Waals surface area contributed by atoms with E-state index in [-0.39, 0.29) is 29.7 Å². The first-order valence-corrected chi connectivity index (χ1v) is 9.04. The highest BCUT2D eigenvalue weighted by molar-refractivity contribution is 5.84. The van der Waals surface area contributed by atoms with Crippen molar-refractivity contribution in [3.63, 3.8) is 0 Å². The fourth-order valence-corrected chi connectivity index (χ4v) is 3.48. The third kappa shape index (κ3) is 5.00. The number of Topliss-reactive ketones (excluding diaryl/α,β-unsaturated/α-hetero) is 1. The van der Waals surface area contributed by atoms with E-state index >= 15 is 0 Å². The number of ether oxygens (including phenoxy) is 1. The summed E-state index contributed by atoms with van der Waals surface area (Å²) < 4.78 is 5.43. The summed E-state index contributed by atoms with van der Waals surface area (Å²) in [6.07, 6.45) is 6.26. The van der Waals surface area contributed by atoms with Crippen molar-refractivity contribution in [1.82, 2.24) is 0 Å². The summed E-state index contributed by atoms with van der Waals surface area (Å²) in [6, 6.07) is 6.24. The molecule has 0 aliphatic heterocycles. The number of ketones is 1. The SMILES string of the molecule is CC/C=C\C[C@H]1C(=O)CC[C@@H]1CC(=O)OC(C)c1ccccc1[N+](=O)[O-]. The van der Waals surface area contributed by atoms with Gasteiger partial charge in [-0.15, -0.1) is 0 Å². The van der Waals surface area contributed by atoms with Gasteiger partial charge in [0.2, 0.25) is 0 Å². The summed E-state index contributed by atoms with van der Waals surface area (Å²) in [5, 5.41) is 11.1. The molecule has 1 fully saturated rings. The molecule has 2 rings (SSSR count). The van der Waals surface area contributed by atoms with Crippen molar-refractivity contribution in [2.45, 2.75) is 52.1 Å². The molecule has 26 heavy (non-hydrogen) atoms.